The molecule has 0 aliphatic carbocycles. The molecule has 1 aromatic rings. The van der Waals surface area contributed by atoms with Gasteiger partial charge >= 0.3 is 0 Å². The lowest BCUT2D eigenvalue weighted by atomic mass is 10.3. The van der Waals surface area contributed by atoms with Gasteiger partial charge in [-0.1, -0.05) is 12.1 Å². The van der Waals surface area contributed by atoms with Crippen molar-refractivity contribution in [3.63, 3.8) is 0 Å². The highest BCUT2D eigenvalue weighted by Crippen LogP contribution is 2.11. The Hall–Kier alpha value is -0.980. The molecule has 0 spiro atoms. The van der Waals surface area contributed by atoms with Crippen LogP contribution in [-0.4, -0.2) is 59.3 Å². The average molecular weight is 267 g/mol. The van der Waals surface area contributed by atoms with Gasteiger partial charge in [0, 0.05) is 39.5 Å². The van der Waals surface area contributed by atoms with Crippen LogP contribution in [0.1, 0.15) is 25.5 Å². The van der Waals surface area contributed by atoms with E-state index >= 15 is 0 Å². The van der Waals surface area contributed by atoms with Crippen LogP contribution in [-0.2, 0) is 17.8 Å². The van der Waals surface area contributed by atoms with Crippen LogP contribution < -0.4 is 5.32 Å². The van der Waals surface area contributed by atoms with Crippen molar-refractivity contribution < 1.29 is 4.74 Å². The highest BCUT2D eigenvalue weighted by Gasteiger charge is 2.21. The van der Waals surface area contributed by atoms with Crippen LogP contribution in [0.15, 0.2) is 6.20 Å². The molecular formula is C13H25N5O. The fourth-order valence-electron chi connectivity index (χ4n) is 2.36. The molecule has 1 aliphatic heterocycles. The highest BCUT2D eigenvalue weighted by molar-refractivity contribution is 4.91. The molecule has 0 aromatic carbocycles. The molecule has 1 aromatic heterocycles. The van der Waals surface area contributed by atoms with E-state index in [1.54, 1.807) is 7.11 Å². The van der Waals surface area contributed by atoms with Crippen LogP contribution in [0.25, 0.3) is 0 Å². The molecule has 1 N–H and O–H groups in total. The lowest BCUT2D eigenvalue weighted by molar-refractivity contribution is 0.107. The Bertz CT molecular complexity index is 368. The Balaban J connectivity index is 1.68. The van der Waals surface area contributed by atoms with E-state index in [0.717, 1.165) is 57.8 Å². The van der Waals surface area contributed by atoms with Crippen LogP contribution in [0.2, 0.25) is 0 Å². The number of aromatic nitrogens is 3. The van der Waals surface area contributed by atoms with Gasteiger partial charge in [0.15, 0.2) is 0 Å². The minimum Gasteiger partial charge on any atom is -0.380 e. The molecule has 19 heavy (non-hydrogen) atoms. The molecule has 0 bridgehead atoms. The van der Waals surface area contributed by atoms with Crippen molar-refractivity contribution in [3.8, 4) is 0 Å². The van der Waals surface area contributed by atoms with E-state index in [-0.39, 0.29) is 0 Å². The number of nitrogens with one attached hydrogen (secondary N) is 1. The Morgan fingerprint density at radius 1 is 1.47 bits per heavy atom. The normalized spacial score (nSPS) is 20.2. The molecule has 108 valence electrons. The third kappa shape index (κ3) is 4.56. The molecule has 2 heterocycles. The smallest absolute Gasteiger partial charge is 0.0964 e. The van der Waals surface area contributed by atoms with Crippen molar-refractivity contribution in [2.75, 3.05) is 33.3 Å². The van der Waals surface area contributed by atoms with Gasteiger partial charge in [-0.05, 0) is 19.4 Å². The molecule has 1 saturated heterocycles. The predicted octanol–water partition coefficient (Wildman–Crippen LogP) is 0.498. The van der Waals surface area contributed by atoms with Crippen LogP contribution in [0.5, 0.6) is 0 Å². The van der Waals surface area contributed by atoms with Gasteiger partial charge in [0.25, 0.3) is 0 Å². The topological polar surface area (TPSA) is 55.2 Å². The van der Waals surface area contributed by atoms with E-state index in [0.29, 0.717) is 6.10 Å². The summed E-state index contributed by atoms with van der Waals surface area (Å²) >= 11 is 0. The summed E-state index contributed by atoms with van der Waals surface area (Å²) in [6.45, 7) is 8.08. The first-order valence-electron chi connectivity index (χ1n) is 7.16. The minimum atomic E-state index is 0.407. The third-order valence-corrected chi connectivity index (χ3v) is 3.53. The number of hydrogen-bond acceptors (Lipinski definition) is 5. The Morgan fingerprint density at radius 3 is 3.11 bits per heavy atom. The van der Waals surface area contributed by atoms with E-state index in [9.17, 15) is 0 Å². The molecule has 1 unspecified atom stereocenters. The summed E-state index contributed by atoms with van der Waals surface area (Å²) in [5.74, 6) is 0. The number of rotatable bonds is 8. The first kappa shape index (κ1) is 14.4. The minimum absolute atomic E-state index is 0.407. The quantitative estimate of drug-likeness (QED) is 0.695. The van der Waals surface area contributed by atoms with Crippen molar-refractivity contribution in [2.45, 2.75) is 39.0 Å². The van der Waals surface area contributed by atoms with Gasteiger partial charge in [0.2, 0.25) is 0 Å². The molecular weight excluding hydrogens is 242 g/mol. The maximum atomic E-state index is 5.37. The van der Waals surface area contributed by atoms with Crippen LogP contribution in [0, 0.1) is 0 Å². The number of likely N-dealkylation sites (tertiary alicyclic amines) is 1. The fraction of sp³-hybridized carbons (Fsp3) is 0.846. The van der Waals surface area contributed by atoms with Crippen molar-refractivity contribution in [1.29, 1.82) is 0 Å². The van der Waals surface area contributed by atoms with Crippen LogP contribution >= 0.6 is 0 Å². The van der Waals surface area contributed by atoms with Gasteiger partial charge in [-0.25, -0.2) is 0 Å². The number of hydrogen-bond donors (Lipinski definition) is 1. The van der Waals surface area contributed by atoms with Gasteiger partial charge in [-0.15, -0.1) is 5.10 Å². The zero-order valence-corrected chi connectivity index (χ0v) is 12.0. The monoisotopic (exact) mass is 267 g/mol. The summed E-state index contributed by atoms with van der Waals surface area (Å²) in [4.78, 5) is 2.42. The van der Waals surface area contributed by atoms with E-state index in [1.165, 1.54) is 0 Å². The third-order valence-electron chi connectivity index (χ3n) is 3.53. The van der Waals surface area contributed by atoms with Gasteiger partial charge in [-0.2, -0.15) is 0 Å². The number of nitrogens with zero attached hydrogens (tertiary/aromatic N) is 4. The lowest BCUT2D eigenvalue weighted by Crippen LogP contribution is -2.26. The molecule has 1 aliphatic rings. The second-order valence-corrected chi connectivity index (χ2v) is 5.10. The molecule has 0 amide bonds. The average Bonchev–Trinajstić information content (AvgIpc) is 3.05. The summed E-state index contributed by atoms with van der Waals surface area (Å²) < 4.78 is 7.30. The Morgan fingerprint density at radius 2 is 2.37 bits per heavy atom. The lowest BCUT2D eigenvalue weighted by Gasteiger charge is -2.14. The number of ether oxygens (including phenoxy) is 1. The van der Waals surface area contributed by atoms with Gasteiger partial charge in [0.05, 0.1) is 18.3 Å². The van der Waals surface area contributed by atoms with Crippen molar-refractivity contribution in [1.82, 2.24) is 25.2 Å². The number of methoxy groups -OCH3 is 1. The van der Waals surface area contributed by atoms with E-state index in [2.05, 4.69) is 27.5 Å². The summed E-state index contributed by atoms with van der Waals surface area (Å²) in [5.41, 5.74) is 1.02. The predicted molar refractivity (Wildman–Crippen MR) is 73.9 cm³/mol. The SMILES string of the molecule is CCCNCc1cn(CCN2CCC(OC)C2)nn1. The van der Waals surface area contributed by atoms with Crippen molar-refractivity contribution in [3.05, 3.63) is 11.9 Å². The van der Waals surface area contributed by atoms with E-state index in [4.69, 9.17) is 4.74 Å². The second kappa shape index (κ2) is 7.57. The van der Waals surface area contributed by atoms with Crippen LogP contribution in [0.3, 0.4) is 0 Å². The Kier molecular flexibility index (Phi) is 5.75. The zero-order chi connectivity index (χ0) is 13.5. The zero-order valence-electron chi connectivity index (χ0n) is 12.0. The summed E-state index contributed by atoms with van der Waals surface area (Å²) in [6.07, 6.45) is 4.72. The molecule has 1 fully saturated rings. The summed E-state index contributed by atoms with van der Waals surface area (Å²) in [6, 6.07) is 0. The molecule has 0 radical (unpaired) electrons. The summed E-state index contributed by atoms with van der Waals surface area (Å²) in [7, 11) is 1.79. The first-order chi connectivity index (χ1) is 9.31. The molecule has 2 rings (SSSR count). The van der Waals surface area contributed by atoms with Gasteiger partial charge in [-0.3, -0.25) is 9.58 Å². The summed E-state index contributed by atoms with van der Waals surface area (Å²) in [5, 5.41) is 11.7. The van der Waals surface area contributed by atoms with Gasteiger partial charge in [0.1, 0.15) is 0 Å². The maximum absolute atomic E-state index is 5.37. The first-order valence-corrected chi connectivity index (χ1v) is 7.16. The highest BCUT2D eigenvalue weighted by atomic mass is 16.5. The molecule has 6 nitrogen and oxygen atoms in total. The maximum Gasteiger partial charge on any atom is 0.0964 e. The fourth-order valence-corrected chi connectivity index (χ4v) is 2.36. The molecule has 0 saturated carbocycles. The van der Waals surface area contributed by atoms with Gasteiger partial charge < -0.3 is 10.1 Å². The largest absolute Gasteiger partial charge is 0.380 e. The molecule has 6 heteroatoms. The Labute approximate surface area is 115 Å². The van der Waals surface area contributed by atoms with Crippen LogP contribution in [0.4, 0.5) is 0 Å². The standard InChI is InChI=1S/C13H25N5O/c1-3-5-14-9-12-10-18(16-15-12)8-7-17-6-4-13(11-17)19-2/h10,13-14H,3-9,11H2,1-2H3. The van der Waals surface area contributed by atoms with E-state index < -0.39 is 0 Å². The van der Waals surface area contributed by atoms with Crippen molar-refractivity contribution in [2.24, 2.45) is 0 Å². The molecule has 1 atom stereocenters. The second-order valence-electron chi connectivity index (χ2n) is 5.10. The van der Waals surface area contributed by atoms with Crippen molar-refractivity contribution >= 4 is 0 Å². The van der Waals surface area contributed by atoms with E-state index in [1.807, 2.05) is 10.9 Å².